The van der Waals surface area contributed by atoms with Gasteiger partial charge in [0.05, 0.1) is 22.5 Å². The van der Waals surface area contributed by atoms with Crippen LogP contribution in [0.1, 0.15) is 19.4 Å². The molecule has 0 saturated heterocycles. The number of nitrogens with zero attached hydrogens (tertiary/aromatic N) is 4. The summed E-state index contributed by atoms with van der Waals surface area (Å²) >= 11 is 3.84. The van der Waals surface area contributed by atoms with Crippen LogP contribution >= 0.6 is 11.3 Å². The van der Waals surface area contributed by atoms with Gasteiger partial charge in [-0.05, 0) is 23.8 Å². The van der Waals surface area contributed by atoms with Gasteiger partial charge in [0.1, 0.15) is 0 Å². The number of fused-ring (bicyclic) bond motifs is 1. The van der Waals surface area contributed by atoms with Crippen molar-refractivity contribution in [2.45, 2.75) is 20.5 Å². The standard InChI is InChI=1S/C22H19N4O2S.C2H6.4K/c27-19-10-11-20-21(14-19)29-22(24-20)26-25-18-8-6-17(7-9-18)23-12-13-28-15-16-4-2-1-3-5-16;1-2;;;;/h1-11,14H,12-13,15H2,(H-,23,24,25,26,27);1-2H3;;;;/q-1;;;;2*+1/p-1. The Morgan fingerprint density at radius 1 is 0.943 bits per heavy atom. The van der Waals surface area contributed by atoms with Gasteiger partial charge in [0.15, 0.2) is 0 Å². The molecule has 0 atom stereocenters. The SMILES string of the molecule is CC.[K+].[K+].[K][K].[O-]c1ccc2nc(N=Nc3ccc([N-]CCOCc4ccccc4)cc3)sc2c1. The van der Waals surface area contributed by atoms with Gasteiger partial charge >= 0.3 is 166 Å². The van der Waals surface area contributed by atoms with Crippen molar-refractivity contribution in [1.29, 1.82) is 0 Å². The summed E-state index contributed by atoms with van der Waals surface area (Å²) in [5.41, 5.74) is 3.50. The van der Waals surface area contributed by atoms with Crippen molar-refractivity contribution in [2.75, 3.05) is 13.2 Å². The van der Waals surface area contributed by atoms with Gasteiger partial charge < -0.3 is 15.2 Å². The molecule has 0 amide bonds. The van der Waals surface area contributed by atoms with Crippen molar-refractivity contribution in [2.24, 2.45) is 10.2 Å². The molecular formula is C24H24K4N4O2S. The molecule has 0 aliphatic rings. The Bertz CT molecular complexity index is 1110. The predicted molar refractivity (Wildman–Crippen MR) is 137 cm³/mol. The molecule has 4 aromatic rings. The van der Waals surface area contributed by atoms with Crippen LogP contribution in [0.15, 0.2) is 83.0 Å². The van der Waals surface area contributed by atoms with E-state index in [1.54, 1.807) is 12.1 Å². The van der Waals surface area contributed by atoms with E-state index in [0.29, 0.717) is 30.6 Å². The summed E-state index contributed by atoms with van der Waals surface area (Å²) in [6, 6.07) is 22.3. The van der Waals surface area contributed by atoms with Gasteiger partial charge in [0.25, 0.3) is 0 Å². The van der Waals surface area contributed by atoms with Crippen LogP contribution in [0.3, 0.4) is 0 Å². The second-order valence-electron chi connectivity index (χ2n) is 6.26. The van der Waals surface area contributed by atoms with Gasteiger partial charge in [-0.15, -0.1) is 28.2 Å². The van der Waals surface area contributed by atoms with Gasteiger partial charge in [-0.25, -0.2) is 4.98 Å². The summed E-state index contributed by atoms with van der Waals surface area (Å²) in [7, 11) is 0. The van der Waals surface area contributed by atoms with Crippen LogP contribution in [0, 0.1) is 0 Å². The Kier molecular flexibility index (Phi) is 26.1. The quantitative estimate of drug-likeness (QED) is 0.168. The molecule has 1 aromatic heterocycles. The van der Waals surface area contributed by atoms with Crippen LogP contribution in [-0.4, -0.2) is 81.3 Å². The van der Waals surface area contributed by atoms with Crippen LogP contribution in [0.25, 0.3) is 15.5 Å². The number of thiazole rings is 1. The summed E-state index contributed by atoms with van der Waals surface area (Å²) in [5, 5.41) is 24.8. The fraction of sp³-hybridized carbons (Fsp3) is 0.208. The minimum absolute atomic E-state index is 0. The molecule has 0 bridgehead atoms. The molecular weight excluding hydrogens is 565 g/mol. The van der Waals surface area contributed by atoms with Crippen LogP contribution in [0.4, 0.5) is 16.5 Å². The first-order chi connectivity index (χ1) is 16.3. The molecule has 162 valence electrons. The van der Waals surface area contributed by atoms with Crippen molar-refractivity contribution >= 4 is 101 Å². The molecule has 0 fully saturated rings. The van der Waals surface area contributed by atoms with Gasteiger partial charge in [-0.2, -0.15) is 0 Å². The van der Waals surface area contributed by atoms with Gasteiger partial charge in [0.2, 0.25) is 5.13 Å². The van der Waals surface area contributed by atoms with E-state index in [9.17, 15) is 5.11 Å². The molecule has 3 aromatic carbocycles. The first-order valence-corrected chi connectivity index (χ1v) is 28.0. The maximum absolute atomic E-state index is 11.4. The van der Waals surface area contributed by atoms with E-state index in [-0.39, 0.29) is 109 Å². The molecule has 35 heavy (non-hydrogen) atoms. The van der Waals surface area contributed by atoms with E-state index in [1.807, 2.05) is 68.4 Å². The Hall–Kier alpha value is 3.26. The van der Waals surface area contributed by atoms with E-state index in [1.165, 1.54) is 80.6 Å². The average Bonchev–Trinajstić information content (AvgIpc) is 3.28. The molecule has 11 heteroatoms. The number of ether oxygens (including phenoxy) is 1. The third kappa shape index (κ3) is 15.2. The number of azo groups is 1. The van der Waals surface area contributed by atoms with Crippen molar-refractivity contribution in [1.82, 2.24) is 4.98 Å². The molecule has 6 nitrogen and oxygen atoms in total. The fourth-order valence-electron chi connectivity index (χ4n) is 2.66. The first kappa shape index (κ1) is 38.3. The number of hydrogen-bond donors (Lipinski definition) is 0. The molecule has 0 aliphatic carbocycles. The molecule has 0 spiro atoms. The predicted octanol–water partition coefficient (Wildman–Crippen LogP) is 0.280. The van der Waals surface area contributed by atoms with Crippen molar-refractivity contribution in [3.8, 4) is 5.75 Å². The molecule has 4 rings (SSSR count). The maximum atomic E-state index is 11.4. The number of benzene rings is 3. The molecule has 0 aliphatic heterocycles. The van der Waals surface area contributed by atoms with Crippen molar-refractivity contribution in [3.63, 3.8) is 0 Å². The average molecular weight is 589 g/mol. The van der Waals surface area contributed by atoms with E-state index in [4.69, 9.17) is 4.74 Å². The third-order valence-electron chi connectivity index (χ3n) is 4.09. The number of hydrogen-bond acceptors (Lipinski definition) is 6. The van der Waals surface area contributed by atoms with Crippen LogP contribution in [0.2, 0.25) is 0 Å². The van der Waals surface area contributed by atoms with E-state index in [0.717, 1.165) is 21.5 Å². The zero-order chi connectivity index (χ0) is 23.9. The zero-order valence-electron chi connectivity index (χ0n) is 21.6. The van der Waals surface area contributed by atoms with Gasteiger partial charge in [-0.1, -0.05) is 79.8 Å². The maximum Gasteiger partial charge on any atom is 0.231 e. The monoisotopic (exact) mass is 588 g/mol. The molecule has 0 radical (unpaired) electrons. The second-order valence-corrected chi connectivity index (χ2v) is 7.27. The third-order valence-corrected chi connectivity index (χ3v) is 4.99. The van der Waals surface area contributed by atoms with Gasteiger partial charge in [0, 0.05) is 6.61 Å². The fourth-order valence-corrected chi connectivity index (χ4v) is 3.48. The normalized spacial score (nSPS) is 9.77. The summed E-state index contributed by atoms with van der Waals surface area (Å²) in [6.07, 6.45) is 0. The summed E-state index contributed by atoms with van der Waals surface area (Å²) in [5.74, 6) is -0.0329. The van der Waals surface area contributed by atoms with E-state index < -0.39 is 0 Å². The Balaban J connectivity index is 0.00000183. The smallest absolute Gasteiger partial charge is 0.231 e. The summed E-state index contributed by atoms with van der Waals surface area (Å²) < 4.78 is 6.45. The molecule has 0 saturated carbocycles. The topological polar surface area (TPSA) is 84.0 Å². The molecule has 0 unspecified atom stereocenters. The molecule has 1 heterocycles. The number of rotatable bonds is 8. The minimum atomic E-state index is -0.0329. The Morgan fingerprint density at radius 2 is 1.63 bits per heavy atom. The largest absolute Gasteiger partial charge is 0.872 e. The first-order valence-electron chi connectivity index (χ1n) is 11.1. The number of aromatic nitrogens is 1. The minimum Gasteiger partial charge on any atom is -0.872 e. The summed E-state index contributed by atoms with van der Waals surface area (Å²) in [4.78, 5) is 4.35. The van der Waals surface area contributed by atoms with Crippen molar-refractivity contribution < 1.29 is 113 Å². The van der Waals surface area contributed by atoms with E-state index in [2.05, 4.69) is 20.5 Å². The second kappa shape index (κ2) is 23.9. The van der Waals surface area contributed by atoms with Crippen LogP contribution < -0.4 is 108 Å². The van der Waals surface area contributed by atoms with Gasteiger partial charge in [-0.3, -0.25) is 0 Å². The van der Waals surface area contributed by atoms with Crippen LogP contribution in [0.5, 0.6) is 5.75 Å². The van der Waals surface area contributed by atoms with E-state index >= 15 is 0 Å². The summed E-state index contributed by atoms with van der Waals surface area (Å²) in [6.45, 7) is 5.76. The molecule has 0 N–H and O–H groups in total. The Labute approximate surface area is 342 Å². The van der Waals surface area contributed by atoms with Crippen LogP contribution in [-0.2, 0) is 11.3 Å². The van der Waals surface area contributed by atoms with Crippen molar-refractivity contribution in [3.05, 3.63) is 83.7 Å². The zero-order valence-corrected chi connectivity index (χ0v) is 34.9. The Morgan fingerprint density at radius 3 is 2.31 bits per heavy atom.